The summed E-state index contributed by atoms with van der Waals surface area (Å²) in [6.45, 7) is 3.76. The Kier molecular flexibility index (Phi) is 5.34. The highest BCUT2D eigenvalue weighted by Gasteiger charge is 2.20. The molecule has 1 aromatic rings. The molecule has 18 heavy (non-hydrogen) atoms. The maximum Gasteiger partial charge on any atom is 0.326 e. The zero-order chi connectivity index (χ0) is 13.7. The smallest absolute Gasteiger partial charge is 0.326 e. The van der Waals surface area contributed by atoms with Crippen molar-refractivity contribution in [2.45, 2.75) is 32.7 Å². The van der Waals surface area contributed by atoms with E-state index in [-0.39, 0.29) is 5.91 Å². The number of carboxylic acids is 1. The molecule has 4 nitrogen and oxygen atoms in total. The fourth-order valence-electron chi connectivity index (χ4n) is 1.60. The van der Waals surface area contributed by atoms with Crippen LogP contribution in [0.2, 0.25) is 0 Å². The Bertz CT molecular complexity index is 460. The quantitative estimate of drug-likeness (QED) is 0.878. The van der Waals surface area contributed by atoms with Crippen LogP contribution in [0.25, 0.3) is 0 Å². The average Bonchev–Trinajstić information content (AvgIpc) is 2.31. The molecule has 0 aliphatic rings. The van der Waals surface area contributed by atoms with Crippen molar-refractivity contribution in [1.29, 1.82) is 0 Å². The molecule has 0 spiro atoms. The SMILES string of the molecule is CCCC(NC(=O)c1cccc(C)c1Br)C(=O)O. The van der Waals surface area contributed by atoms with Crippen molar-refractivity contribution in [2.75, 3.05) is 0 Å². The zero-order valence-electron chi connectivity index (χ0n) is 10.4. The van der Waals surface area contributed by atoms with Gasteiger partial charge in [-0.05, 0) is 40.9 Å². The first-order valence-corrected chi connectivity index (χ1v) is 6.55. The Labute approximate surface area is 115 Å². The van der Waals surface area contributed by atoms with Crippen LogP contribution in [0.4, 0.5) is 0 Å². The number of carbonyl (C=O) groups is 2. The van der Waals surface area contributed by atoms with E-state index in [0.29, 0.717) is 22.9 Å². The Morgan fingerprint density at radius 1 is 1.44 bits per heavy atom. The number of aliphatic carboxylic acids is 1. The lowest BCUT2D eigenvalue weighted by atomic mass is 10.1. The molecule has 1 atom stereocenters. The molecule has 5 heteroatoms. The Morgan fingerprint density at radius 3 is 2.67 bits per heavy atom. The summed E-state index contributed by atoms with van der Waals surface area (Å²) in [4.78, 5) is 23.0. The second-order valence-corrected chi connectivity index (χ2v) is 4.88. The fraction of sp³-hybridized carbons (Fsp3) is 0.385. The Balaban J connectivity index is 2.87. The van der Waals surface area contributed by atoms with E-state index in [0.717, 1.165) is 5.56 Å². The van der Waals surface area contributed by atoms with Gasteiger partial charge in [-0.15, -0.1) is 0 Å². The first kappa shape index (κ1) is 14.7. The van der Waals surface area contributed by atoms with Crippen molar-refractivity contribution in [3.63, 3.8) is 0 Å². The van der Waals surface area contributed by atoms with Gasteiger partial charge in [-0.25, -0.2) is 4.79 Å². The number of benzene rings is 1. The van der Waals surface area contributed by atoms with Crippen LogP contribution in [0.5, 0.6) is 0 Å². The predicted molar refractivity (Wildman–Crippen MR) is 72.7 cm³/mol. The van der Waals surface area contributed by atoms with Crippen molar-refractivity contribution >= 4 is 27.8 Å². The summed E-state index contributed by atoms with van der Waals surface area (Å²) in [5.74, 6) is -1.37. The summed E-state index contributed by atoms with van der Waals surface area (Å²) in [7, 11) is 0. The lowest BCUT2D eigenvalue weighted by Crippen LogP contribution is -2.40. The lowest BCUT2D eigenvalue weighted by Gasteiger charge is -2.14. The van der Waals surface area contributed by atoms with Gasteiger partial charge in [0.25, 0.3) is 5.91 Å². The molecule has 0 saturated heterocycles. The summed E-state index contributed by atoms with van der Waals surface area (Å²) >= 11 is 3.34. The largest absolute Gasteiger partial charge is 0.480 e. The highest BCUT2D eigenvalue weighted by molar-refractivity contribution is 9.10. The van der Waals surface area contributed by atoms with Crippen molar-refractivity contribution in [3.05, 3.63) is 33.8 Å². The number of carbonyl (C=O) groups excluding carboxylic acids is 1. The van der Waals surface area contributed by atoms with Crippen LogP contribution in [0.3, 0.4) is 0 Å². The van der Waals surface area contributed by atoms with Crippen LogP contribution in [-0.2, 0) is 4.79 Å². The average molecular weight is 314 g/mol. The molecule has 0 radical (unpaired) electrons. The van der Waals surface area contributed by atoms with Gasteiger partial charge in [0, 0.05) is 4.47 Å². The molecule has 1 amide bonds. The predicted octanol–water partition coefficient (Wildman–Crippen LogP) is 2.74. The minimum Gasteiger partial charge on any atom is -0.480 e. The maximum atomic E-state index is 12.0. The van der Waals surface area contributed by atoms with Gasteiger partial charge in [-0.3, -0.25) is 4.79 Å². The molecule has 0 fully saturated rings. The molecule has 1 unspecified atom stereocenters. The Hall–Kier alpha value is -1.36. The number of halogens is 1. The topological polar surface area (TPSA) is 66.4 Å². The van der Waals surface area contributed by atoms with E-state index in [1.807, 2.05) is 19.9 Å². The molecule has 2 N–H and O–H groups in total. The van der Waals surface area contributed by atoms with Crippen LogP contribution < -0.4 is 5.32 Å². The minimum absolute atomic E-state index is 0.369. The molecule has 1 aromatic carbocycles. The number of aryl methyl sites for hydroxylation is 1. The summed E-state index contributed by atoms with van der Waals surface area (Å²) < 4.78 is 0.697. The van der Waals surface area contributed by atoms with E-state index in [9.17, 15) is 9.59 Å². The van der Waals surface area contributed by atoms with Crippen LogP contribution in [0, 0.1) is 6.92 Å². The molecule has 0 bridgehead atoms. The highest BCUT2D eigenvalue weighted by atomic mass is 79.9. The first-order valence-electron chi connectivity index (χ1n) is 5.76. The van der Waals surface area contributed by atoms with Gasteiger partial charge in [0.15, 0.2) is 0 Å². The van der Waals surface area contributed by atoms with Gasteiger partial charge < -0.3 is 10.4 Å². The van der Waals surface area contributed by atoms with E-state index in [1.165, 1.54) is 0 Å². The van der Waals surface area contributed by atoms with Gasteiger partial charge in [-0.2, -0.15) is 0 Å². The number of hydrogen-bond donors (Lipinski definition) is 2. The molecular weight excluding hydrogens is 298 g/mol. The molecule has 98 valence electrons. The molecule has 0 heterocycles. The number of hydrogen-bond acceptors (Lipinski definition) is 2. The summed E-state index contributed by atoms with van der Waals surface area (Å²) in [6.07, 6.45) is 1.12. The summed E-state index contributed by atoms with van der Waals surface area (Å²) in [6, 6.07) is 4.47. The number of carboxylic acid groups (broad SMARTS) is 1. The maximum absolute atomic E-state index is 12.0. The third kappa shape index (κ3) is 3.57. The van der Waals surface area contributed by atoms with Gasteiger partial charge in [-0.1, -0.05) is 25.5 Å². The van der Waals surface area contributed by atoms with Gasteiger partial charge in [0.1, 0.15) is 6.04 Å². The van der Waals surface area contributed by atoms with E-state index in [1.54, 1.807) is 12.1 Å². The van der Waals surface area contributed by atoms with Gasteiger partial charge in [0.2, 0.25) is 0 Å². The van der Waals surface area contributed by atoms with Gasteiger partial charge >= 0.3 is 5.97 Å². The van der Waals surface area contributed by atoms with E-state index in [2.05, 4.69) is 21.2 Å². The highest BCUT2D eigenvalue weighted by Crippen LogP contribution is 2.21. The first-order chi connectivity index (χ1) is 8.47. The standard InChI is InChI=1S/C13H16BrNO3/c1-3-5-10(13(17)18)15-12(16)9-7-4-6-8(2)11(9)14/h4,6-7,10H,3,5H2,1-2H3,(H,15,16)(H,17,18). The number of amides is 1. The monoisotopic (exact) mass is 313 g/mol. The molecule has 0 saturated carbocycles. The number of rotatable bonds is 5. The summed E-state index contributed by atoms with van der Waals surface area (Å²) in [5, 5.41) is 11.5. The minimum atomic E-state index is -1.01. The van der Waals surface area contributed by atoms with Crippen LogP contribution in [-0.4, -0.2) is 23.0 Å². The second-order valence-electron chi connectivity index (χ2n) is 4.09. The van der Waals surface area contributed by atoms with E-state index in [4.69, 9.17) is 5.11 Å². The lowest BCUT2D eigenvalue weighted by molar-refractivity contribution is -0.139. The second kappa shape index (κ2) is 6.54. The van der Waals surface area contributed by atoms with Crippen molar-refractivity contribution < 1.29 is 14.7 Å². The fourth-order valence-corrected chi connectivity index (χ4v) is 2.05. The zero-order valence-corrected chi connectivity index (χ0v) is 12.0. The van der Waals surface area contributed by atoms with Crippen molar-refractivity contribution in [3.8, 4) is 0 Å². The van der Waals surface area contributed by atoms with E-state index < -0.39 is 12.0 Å². The van der Waals surface area contributed by atoms with Gasteiger partial charge in [0.05, 0.1) is 5.56 Å². The normalized spacial score (nSPS) is 11.9. The summed E-state index contributed by atoms with van der Waals surface area (Å²) in [5.41, 5.74) is 1.39. The van der Waals surface area contributed by atoms with Crippen molar-refractivity contribution in [1.82, 2.24) is 5.32 Å². The third-order valence-corrected chi connectivity index (χ3v) is 3.67. The number of nitrogens with one attached hydrogen (secondary N) is 1. The van der Waals surface area contributed by atoms with Crippen LogP contribution in [0.1, 0.15) is 35.7 Å². The third-order valence-electron chi connectivity index (χ3n) is 2.62. The molecule has 0 aliphatic carbocycles. The van der Waals surface area contributed by atoms with E-state index >= 15 is 0 Å². The molecule has 1 rings (SSSR count). The Morgan fingerprint density at radius 2 is 2.11 bits per heavy atom. The van der Waals surface area contributed by atoms with Crippen LogP contribution in [0.15, 0.2) is 22.7 Å². The molecule has 0 aromatic heterocycles. The molecular formula is C13H16BrNO3. The molecule has 0 aliphatic heterocycles. The van der Waals surface area contributed by atoms with Crippen molar-refractivity contribution in [2.24, 2.45) is 0 Å². The van der Waals surface area contributed by atoms with Crippen LogP contribution >= 0.6 is 15.9 Å².